The second kappa shape index (κ2) is 4.98. The fourth-order valence-electron chi connectivity index (χ4n) is 2.60. The molecular formula is C14H18N2O2. The highest BCUT2D eigenvalue weighted by molar-refractivity contribution is 5.82. The molecule has 0 saturated carbocycles. The van der Waals surface area contributed by atoms with E-state index in [0.717, 1.165) is 37.2 Å². The smallest absolute Gasteiger partial charge is 0.261 e. The van der Waals surface area contributed by atoms with E-state index >= 15 is 0 Å². The van der Waals surface area contributed by atoms with Gasteiger partial charge in [-0.05, 0) is 31.0 Å². The van der Waals surface area contributed by atoms with Crippen LogP contribution in [-0.2, 0) is 11.2 Å². The zero-order valence-electron chi connectivity index (χ0n) is 10.3. The van der Waals surface area contributed by atoms with E-state index in [1.54, 1.807) is 0 Å². The summed E-state index contributed by atoms with van der Waals surface area (Å²) in [6.45, 7) is 1.92. The number of carbonyl (C=O) groups is 1. The first-order valence-corrected chi connectivity index (χ1v) is 6.58. The third-order valence-electron chi connectivity index (χ3n) is 3.58. The third-order valence-corrected chi connectivity index (χ3v) is 3.58. The number of benzene rings is 1. The van der Waals surface area contributed by atoms with Gasteiger partial charge in [0.05, 0.1) is 0 Å². The summed E-state index contributed by atoms with van der Waals surface area (Å²) in [6.07, 6.45) is 2.50. The monoisotopic (exact) mass is 246 g/mol. The molecule has 1 aromatic rings. The molecule has 4 heteroatoms. The fraction of sp³-hybridized carbons (Fsp3) is 0.500. The minimum Gasteiger partial charge on any atom is -0.480 e. The van der Waals surface area contributed by atoms with Gasteiger partial charge in [0.1, 0.15) is 5.75 Å². The Morgan fingerprint density at radius 1 is 1.39 bits per heavy atom. The lowest BCUT2D eigenvalue weighted by molar-refractivity contribution is -0.128. The van der Waals surface area contributed by atoms with E-state index in [1.165, 1.54) is 0 Å². The summed E-state index contributed by atoms with van der Waals surface area (Å²) in [5, 5.41) is 6.36. The molecule has 96 valence electrons. The minimum absolute atomic E-state index is 0.0138. The molecule has 2 atom stereocenters. The maximum atomic E-state index is 12.1. The van der Waals surface area contributed by atoms with Crippen LogP contribution in [0.2, 0.25) is 0 Å². The van der Waals surface area contributed by atoms with E-state index in [0.29, 0.717) is 6.42 Å². The molecule has 1 unspecified atom stereocenters. The quantitative estimate of drug-likeness (QED) is 0.813. The number of fused-ring (bicyclic) bond motifs is 1. The second-order valence-electron chi connectivity index (χ2n) is 4.97. The van der Waals surface area contributed by atoms with Crippen LogP contribution in [0.5, 0.6) is 5.75 Å². The number of ether oxygens (including phenoxy) is 1. The van der Waals surface area contributed by atoms with Gasteiger partial charge in [-0.3, -0.25) is 4.79 Å². The number of hydrogen-bond donors (Lipinski definition) is 2. The number of nitrogens with one attached hydrogen (secondary N) is 2. The first kappa shape index (κ1) is 11.5. The van der Waals surface area contributed by atoms with Crippen LogP contribution in [0.15, 0.2) is 24.3 Å². The van der Waals surface area contributed by atoms with Crippen molar-refractivity contribution in [2.24, 2.45) is 0 Å². The van der Waals surface area contributed by atoms with Crippen molar-refractivity contribution in [2.75, 3.05) is 13.1 Å². The van der Waals surface area contributed by atoms with E-state index in [4.69, 9.17) is 4.74 Å². The van der Waals surface area contributed by atoms with Gasteiger partial charge in [-0.25, -0.2) is 0 Å². The zero-order chi connectivity index (χ0) is 12.4. The van der Waals surface area contributed by atoms with Crippen molar-refractivity contribution in [3.8, 4) is 5.75 Å². The number of carbonyl (C=O) groups excluding carboxylic acids is 1. The molecule has 0 aliphatic carbocycles. The molecule has 2 N–H and O–H groups in total. The summed E-state index contributed by atoms with van der Waals surface area (Å²) in [4.78, 5) is 12.1. The summed E-state index contributed by atoms with van der Waals surface area (Å²) in [6, 6.07) is 8.10. The Morgan fingerprint density at radius 2 is 2.28 bits per heavy atom. The van der Waals surface area contributed by atoms with Crippen LogP contribution in [0, 0.1) is 0 Å². The van der Waals surface area contributed by atoms with Crippen LogP contribution in [0.4, 0.5) is 0 Å². The fourth-order valence-corrected chi connectivity index (χ4v) is 2.60. The maximum Gasteiger partial charge on any atom is 0.261 e. The average Bonchev–Trinajstić information content (AvgIpc) is 2.84. The number of para-hydroxylation sites is 1. The average molecular weight is 246 g/mol. The van der Waals surface area contributed by atoms with Crippen molar-refractivity contribution in [1.29, 1.82) is 0 Å². The molecule has 2 aliphatic rings. The van der Waals surface area contributed by atoms with Crippen molar-refractivity contribution in [2.45, 2.75) is 31.4 Å². The summed E-state index contributed by atoms with van der Waals surface area (Å²) >= 11 is 0. The molecule has 1 amide bonds. The number of hydrogen-bond acceptors (Lipinski definition) is 3. The molecule has 0 spiro atoms. The van der Waals surface area contributed by atoms with Crippen molar-refractivity contribution in [3.63, 3.8) is 0 Å². The summed E-state index contributed by atoms with van der Waals surface area (Å²) in [7, 11) is 0. The normalized spacial score (nSPS) is 26.2. The lowest BCUT2D eigenvalue weighted by Crippen LogP contribution is -2.49. The molecule has 1 saturated heterocycles. The predicted octanol–water partition coefficient (Wildman–Crippen LogP) is 0.858. The Morgan fingerprint density at radius 3 is 3.06 bits per heavy atom. The standard InChI is InChI=1S/C14H18N2O2/c17-14(16-11-5-3-7-15-9-11)13-8-10-4-1-2-6-12(10)18-13/h1-2,4,6,11,13,15H,3,5,7-9H2,(H,16,17)/t11-,13?/m0/s1. The van der Waals surface area contributed by atoms with Crippen LogP contribution < -0.4 is 15.4 Å². The molecule has 4 nitrogen and oxygen atoms in total. The Bertz CT molecular complexity index is 416. The Kier molecular flexibility index (Phi) is 3.19. The van der Waals surface area contributed by atoms with Gasteiger partial charge in [0.25, 0.3) is 5.91 Å². The molecule has 0 aromatic heterocycles. The Hall–Kier alpha value is -1.55. The SMILES string of the molecule is O=C(N[C@H]1CCCNC1)C1Cc2ccccc2O1. The van der Waals surface area contributed by atoms with Crippen LogP contribution in [-0.4, -0.2) is 31.1 Å². The van der Waals surface area contributed by atoms with E-state index in [2.05, 4.69) is 10.6 Å². The van der Waals surface area contributed by atoms with Gasteiger partial charge in [-0.1, -0.05) is 18.2 Å². The first-order chi connectivity index (χ1) is 8.83. The second-order valence-corrected chi connectivity index (χ2v) is 4.97. The van der Waals surface area contributed by atoms with Gasteiger partial charge in [-0.2, -0.15) is 0 Å². The number of amides is 1. The van der Waals surface area contributed by atoms with Gasteiger partial charge >= 0.3 is 0 Å². The van der Waals surface area contributed by atoms with Crippen LogP contribution in [0.1, 0.15) is 18.4 Å². The van der Waals surface area contributed by atoms with Crippen molar-refractivity contribution in [3.05, 3.63) is 29.8 Å². The van der Waals surface area contributed by atoms with E-state index in [9.17, 15) is 4.79 Å². The molecule has 2 aliphatic heterocycles. The minimum atomic E-state index is -0.357. The van der Waals surface area contributed by atoms with Gasteiger partial charge in [0.2, 0.25) is 0 Å². The first-order valence-electron chi connectivity index (χ1n) is 6.58. The molecule has 3 rings (SSSR count). The molecule has 2 heterocycles. The van der Waals surface area contributed by atoms with E-state index < -0.39 is 0 Å². The predicted molar refractivity (Wildman–Crippen MR) is 68.6 cm³/mol. The largest absolute Gasteiger partial charge is 0.480 e. The summed E-state index contributed by atoms with van der Waals surface area (Å²) < 4.78 is 5.68. The van der Waals surface area contributed by atoms with Crippen LogP contribution in [0.25, 0.3) is 0 Å². The number of rotatable bonds is 2. The molecule has 0 radical (unpaired) electrons. The Labute approximate surface area is 107 Å². The van der Waals surface area contributed by atoms with Gasteiger partial charge in [-0.15, -0.1) is 0 Å². The highest BCUT2D eigenvalue weighted by Gasteiger charge is 2.30. The van der Waals surface area contributed by atoms with Gasteiger partial charge in [0.15, 0.2) is 6.10 Å². The van der Waals surface area contributed by atoms with E-state index in [-0.39, 0.29) is 18.1 Å². The van der Waals surface area contributed by atoms with Crippen molar-refractivity contribution < 1.29 is 9.53 Å². The maximum absolute atomic E-state index is 12.1. The topological polar surface area (TPSA) is 50.4 Å². The highest BCUT2D eigenvalue weighted by Crippen LogP contribution is 2.28. The number of piperidine rings is 1. The third kappa shape index (κ3) is 2.34. The highest BCUT2D eigenvalue weighted by atomic mass is 16.5. The summed E-state index contributed by atoms with van der Waals surface area (Å²) in [5.41, 5.74) is 1.12. The molecule has 0 bridgehead atoms. The van der Waals surface area contributed by atoms with Crippen LogP contribution >= 0.6 is 0 Å². The lowest BCUT2D eigenvalue weighted by Gasteiger charge is -2.25. The molecule has 18 heavy (non-hydrogen) atoms. The molecule has 1 aromatic carbocycles. The van der Waals surface area contributed by atoms with Gasteiger partial charge < -0.3 is 15.4 Å². The molecular weight excluding hydrogens is 228 g/mol. The van der Waals surface area contributed by atoms with Crippen LogP contribution in [0.3, 0.4) is 0 Å². The van der Waals surface area contributed by atoms with Crippen molar-refractivity contribution >= 4 is 5.91 Å². The Balaban J connectivity index is 1.58. The lowest BCUT2D eigenvalue weighted by atomic mass is 10.1. The van der Waals surface area contributed by atoms with E-state index in [1.807, 2.05) is 24.3 Å². The molecule has 1 fully saturated rings. The van der Waals surface area contributed by atoms with Gasteiger partial charge in [0, 0.05) is 19.0 Å². The van der Waals surface area contributed by atoms with Crippen molar-refractivity contribution in [1.82, 2.24) is 10.6 Å². The zero-order valence-corrected chi connectivity index (χ0v) is 10.3. The summed E-state index contributed by atoms with van der Waals surface area (Å²) in [5.74, 6) is 0.860.